The van der Waals surface area contributed by atoms with Gasteiger partial charge in [-0.1, -0.05) is 12.1 Å². The van der Waals surface area contributed by atoms with Gasteiger partial charge in [0.15, 0.2) is 5.82 Å². The van der Waals surface area contributed by atoms with Crippen molar-refractivity contribution in [3.8, 4) is 0 Å². The van der Waals surface area contributed by atoms with Crippen molar-refractivity contribution < 1.29 is 9.18 Å². The number of para-hydroxylation sites is 1. The first kappa shape index (κ1) is 12.3. The minimum absolute atomic E-state index is 0.273. The van der Waals surface area contributed by atoms with Gasteiger partial charge < -0.3 is 5.32 Å². The number of carbonyl (C=O) groups excluding carboxylic acids is 1. The molecule has 0 aliphatic heterocycles. The zero-order valence-electron chi connectivity index (χ0n) is 10.8. The lowest BCUT2D eigenvalue weighted by Gasteiger charge is -2.04. The van der Waals surface area contributed by atoms with E-state index in [2.05, 4.69) is 15.5 Å². The summed E-state index contributed by atoms with van der Waals surface area (Å²) < 4.78 is 13.3. The van der Waals surface area contributed by atoms with Gasteiger partial charge in [0.05, 0.1) is 5.52 Å². The van der Waals surface area contributed by atoms with Gasteiger partial charge in [0.25, 0.3) is 5.91 Å². The highest BCUT2D eigenvalue weighted by Crippen LogP contribution is 2.20. The summed E-state index contributed by atoms with van der Waals surface area (Å²) in [5, 5.41) is 10.4. The molecule has 2 N–H and O–H groups in total. The first-order chi connectivity index (χ1) is 9.63. The Balaban J connectivity index is 1.92. The van der Waals surface area contributed by atoms with Crippen LogP contribution in [0.3, 0.4) is 0 Å². The summed E-state index contributed by atoms with van der Waals surface area (Å²) in [5.74, 6) is -0.376. The van der Waals surface area contributed by atoms with Crippen molar-refractivity contribution in [2.75, 3.05) is 5.32 Å². The lowest BCUT2D eigenvalue weighted by Crippen LogP contribution is -2.13. The van der Waals surface area contributed by atoms with Crippen LogP contribution in [-0.4, -0.2) is 16.1 Å². The van der Waals surface area contributed by atoms with Crippen LogP contribution in [0.5, 0.6) is 0 Å². The molecule has 0 radical (unpaired) electrons. The minimum atomic E-state index is -0.429. The summed E-state index contributed by atoms with van der Waals surface area (Å²) in [7, 11) is 0. The molecule has 0 unspecified atom stereocenters. The predicted octanol–water partition coefficient (Wildman–Crippen LogP) is 3.26. The Morgan fingerprint density at radius 1 is 1.25 bits per heavy atom. The Morgan fingerprint density at radius 2 is 2.05 bits per heavy atom. The number of hydrogen-bond donors (Lipinski definition) is 2. The molecular formula is C15H12FN3O. The van der Waals surface area contributed by atoms with Crippen molar-refractivity contribution in [1.29, 1.82) is 0 Å². The standard InChI is InChI=1S/C15H12FN3O/c1-9-6-10(8-11(16)7-9)15(20)17-14-12-4-2-3-5-13(12)18-19-14/h2-8H,1H3,(H2,17,18,19,20). The fourth-order valence-corrected chi connectivity index (χ4v) is 2.11. The first-order valence-corrected chi connectivity index (χ1v) is 6.15. The molecule has 4 nitrogen and oxygen atoms in total. The largest absolute Gasteiger partial charge is 0.305 e. The van der Waals surface area contributed by atoms with Gasteiger partial charge in [-0.2, -0.15) is 5.10 Å². The molecule has 0 atom stereocenters. The molecular weight excluding hydrogens is 257 g/mol. The van der Waals surface area contributed by atoms with Crippen LogP contribution in [-0.2, 0) is 0 Å². The number of amides is 1. The number of aromatic amines is 1. The minimum Gasteiger partial charge on any atom is -0.305 e. The molecule has 2 aromatic carbocycles. The molecule has 0 saturated heterocycles. The third kappa shape index (κ3) is 2.25. The summed E-state index contributed by atoms with van der Waals surface area (Å²) in [4.78, 5) is 12.1. The number of hydrogen-bond acceptors (Lipinski definition) is 2. The Morgan fingerprint density at radius 3 is 2.85 bits per heavy atom. The molecule has 3 aromatic rings. The third-order valence-electron chi connectivity index (χ3n) is 3.01. The second kappa shape index (κ2) is 4.77. The molecule has 5 heteroatoms. The van der Waals surface area contributed by atoms with Gasteiger partial charge in [-0.3, -0.25) is 9.89 Å². The zero-order valence-corrected chi connectivity index (χ0v) is 10.8. The molecule has 0 fully saturated rings. The number of carbonyl (C=O) groups is 1. The van der Waals surface area contributed by atoms with Crippen molar-refractivity contribution in [2.45, 2.75) is 6.92 Å². The molecule has 3 rings (SSSR count). The molecule has 20 heavy (non-hydrogen) atoms. The van der Waals surface area contributed by atoms with E-state index in [0.717, 1.165) is 10.9 Å². The second-order valence-corrected chi connectivity index (χ2v) is 4.59. The van der Waals surface area contributed by atoms with Gasteiger partial charge in [-0.15, -0.1) is 0 Å². The third-order valence-corrected chi connectivity index (χ3v) is 3.01. The molecule has 0 bridgehead atoms. The lowest BCUT2D eigenvalue weighted by atomic mass is 10.1. The molecule has 1 amide bonds. The zero-order chi connectivity index (χ0) is 14.1. The SMILES string of the molecule is Cc1cc(F)cc(C(=O)Nc2n[nH]c3ccccc23)c1. The molecule has 100 valence electrons. The first-order valence-electron chi connectivity index (χ1n) is 6.15. The van der Waals surface area contributed by atoms with E-state index in [9.17, 15) is 9.18 Å². The van der Waals surface area contributed by atoms with E-state index in [-0.39, 0.29) is 11.5 Å². The molecule has 0 saturated carbocycles. The number of rotatable bonds is 2. The maximum Gasteiger partial charge on any atom is 0.256 e. The smallest absolute Gasteiger partial charge is 0.256 e. The number of fused-ring (bicyclic) bond motifs is 1. The highest BCUT2D eigenvalue weighted by atomic mass is 19.1. The van der Waals surface area contributed by atoms with Gasteiger partial charge in [0.2, 0.25) is 0 Å². The lowest BCUT2D eigenvalue weighted by molar-refractivity contribution is 0.102. The van der Waals surface area contributed by atoms with Gasteiger partial charge in [0, 0.05) is 10.9 Å². The Bertz CT molecular complexity index is 774. The summed E-state index contributed by atoms with van der Waals surface area (Å²) in [6, 6.07) is 11.7. The fourth-order valence-electron chi connectivity index (χ4n) is 2.11. The van der Waals surface area contributed by atoms with E-state index < -0.39 is 5.82 Å². The van der Waals surface area contributed by atoms with Crippen molar-refractivity contribution in [2.24, 2.45) is 0 Å². The van der Waals surface area contributed by atoms with Gasteiger partial charge in [-0.25, -0.2) is 4.39 Å². The highest BCUT2D eigenvalue weighted by Gasteiger charge is 2.12. The highest BCUT2D eigenvalue weighted by molar-refractivity contribution is 6.07. The van der Waals surface area contributed by atoms with Gasteiger partial charge in [-0.05, 0) is 42.8 Å². The predicted molar refractivity (Wildman–Crippen MR) is 75.2 cm³/mol. The van der Waals surface area contributed by atoms with Crippen LogP contribution < -0.4 is 5.32 Å². The van der Waals surface area contributed by atoms with Crippen LogP contribution in [0, 0.1) is 12.7 Å². The maximum atomic E-state index is 13.3. The number of nitrogens with one attached hydrogen (secondary N) is 2. The Kier molecular flexibility index (Phi) is 2.95. The number of halogens is 1. The number of anilines is 1. The van der Waals surface area contributed by atoms with Crippen LogP contribution in [0.15, 0.2) is 42.5 Å². The Labute approximate surface area is 114 Å². The van der Waals surface area contributed by atoms with Crippen molar-refractivity contribution in [3.05, 3.63) is 59.4 Å². The van der Waals surface area contributed by atoms with Gasteiger partial charge in [0.1, 0.15) is 5.82 Å². The number of H-pyrrole nitrogens is 1. The van der Waals surface area contributed by atoms with E-state index >= 15 is 0 Å². The maximum absolute atomic E-state index is 13.3. The van der Waals surface area contributed by atoms with Crippen LogP contribution in [0.25, 0.3) is 10.9 Å². The van der Waals surface area contributed by atoms with E-state index in [0.29, 0.717) is 11.4 Å². The monoisotopic (exact) mass is 269 g/mol. The summed E-state index contributed by atoms with van der Waals surface area (Å²) >= 11 is 0. The van der Waals surface area contributed by atoms with Crippen LogP contribution in [0.1, 0.15) is 15.9 Å². The van der Waals surface area contributed by atoms with Crippen LogP contribution in [0.4, 0.5) is 10.2 Å². The van der Waals surface area contributed by atoms with E-state index in [1.807, 2.05) is 24.3 Å². The second-order valence-electron chi connectivity index (χ2n) is 4.59. The van der Waals surface area contributed by atoms with Crippen molar-refractivity contribution in [1.82, 2.24) is 10.2 Å². The molecule has 1 heterocycles. The molecule has 0 aliphatic carbocycles. The molecule has 1 aromatic heterocycles. The average Bonchev–Trinajstić information content (AvgIpc) is 2.81. The molecule has 0 spiro atoms. The van der Waals surface area contributed by atoms with Crippen LogP contribution >= 0.6 is 0 Å². The molecule has 0 aliphatic rings. The number of aryl methyl sites for hydroxylation is 1. The summed E-state index contributed by atoms with van der Waals surface area (Å²) in [6.45, 7) is 1.74. The van der Waals surface area contributed by atoms with E-state index in [1.54, 1.807) is 13.0 Å². The number of benzene rings is 2. The average molecular weight is 269 g/mol. The van der Waals surface area contributed by atoms with E-state index in [4.69, 9.17) is 0 Å². The number of nitrogens with zero attached hydrogens (tertiary/aromatic N) is 1. The van der Waals surface area contributed by atoms with Crippen molar-refractivity contribution >= 4 is 22.6 Å². The topological polar surface area (TPSA) is 57.8 Å². The van der Waals surface area contributed by atoms with Crippen molar-refractivity contribution in [3.63, 3.8) is 0 Å². The summed E-state index contributed by atoms with van der Waals surface area (Å²) in [5.41, 5.74) is 1.80. The number of aromatic nitrogens is 2. The normalized spacial score (nSPS) is 10.7. The van der Waals surface area contributed by atoms with Crippen LogP contribution in [0.2, 0.25) is 0 Å². The van der Waals surface area contributed by atoms with Gasteiger partial charge >= 0.3 is 0 Å². The Hall–Kier alpha value is -2.69. The fraction of sp³-hybridized carbons (Fsp3) is 0.0667. The summed E-state index contributed by atoms with van der Waals surface area (Å²) in [6.07, 6.45) is 0. The van der Waals surface area contributed by atoms with E-state index in [1.165, 1.54) is 12.1 Å². The quantitative estimate of drug-likeness (QED) is 0.750.